The van der Waals surface area contributed by atoms with Gasteiger partial charge in [0.25, 0.3) is 5.91 Å². The summed E-state index contributed by atoms with van der Waals surface area (Å²) in [7, 11) is 0. The van der Waals surface area contributed by atoms with Gasteiger partial charge in [-0.2, -0.15) is 0 Å². The molecule has 0 spiro atoms. The van der Waals surface area contributed by atoms with Gasteiger partial charge in [-0.25, -0.2) is 0 Å². The average molecular weight is 226 g/mol. The summed E-state index contributed by atoms with van der Waals surface area (Å²) in [5.41, 5.74) is 6.46. The lowest BCUT2D eigenvalue weighted by Crippen LogP contribution is -2.27. The van der Waals surface area contributed by atoms with Crippen LogP contribution in [0.1, 0.15) is 36.9 Å². The highest BCUT2D eigenvalue weighted by atomic mass is 32.1. The summed E-state index contributed by atoms with van der Waals surface area (Å²) in [6, 6.07) is 1.75. The van der Waals surface area contributed by atoms with E-state index in [-0.39, 0.29) is 11.3 Å². The monoisotopic (exact) mass is 226 g/mol. The number of rotatable bonds is 3. The van der Waals surface area contributed by atoms with Crippen molar-refractivity contribution in [1.29, 1.82) is 0 Å². The summed E-state index contributed by atoms with van der Waals surface area (Å²) >= 11 is 1.38. The Labute approximate surface area is 94.7 Å². The van der Waals surface area contributed by atoms with Gasteiger partial charge in [0.15, 0.2) is 0 Å². The molecule has 0 saturated heterocycles. The lowest BCUT2D eigenvalue weighted by molar-refractivity contribution is 0.0954. The third-order valence-corrected chi connectivity index (χ3v) is 2.99. The normalized spacial score (nSPS) is 11.4. The summed E-state index contributed by atoms with van der Waals surface area (Å²) in [5.74, 6) is -0.0632. The number of carbonyl (C=O) groups is 1. The van der Waals surface area contributed by atoms with E-state index in [2.05, 4.69) is 26.1 Å². The van der Waals surface area contributed by atoms with Gasteiger partial charge >= 0.3 is 0 Å². The number of hydrogen-bond acceptors (Lipinski definition) is 3. The van der Waals surface area contributed by atoms with Crippen molar-refractivity contribution in [3.8, 4) is 0 Å². The minimum Gasteiger partial charge on any atom is -0.397 e. The summed E-state index contributed by atoms with van der Waals surface area (Å²) < 4.78 is 0. The van der Waals surface area contributed by atoms with Crippen LogP contribution in [0, 0.1) is 5.41 Å². The molecule has 0 fully saturated rings. The lowest BCUT2D eigenvalue weighted by Gasteiger charge is -2.17. The predicted molar refractivity (Wildman–Crippen MR) is 65.1 cm³/mol. The SMILES string of the molecule is CC(C)(C)CCNC(=O)c1sccc1N. The molecule has 0 aromatic carbocycles. The summed E-state index contributed by atoms with van der Waals surface area (Å²) in [6.45, 7) is 7.15. The van der Waals surface area contributed by atoms with Gasteiger partial charge in [-0.1, -0.05) is 20.8 Å². The molecule has 0 saturated carbocycles. The molecular formula is C11H18N2OS. The molecule has 0 atom stereocenters. The molecule has 1 aromatic heterocycles. The molecule has 15 heavy (non-hydrogen) atoms. The Bertz CT molecular complexity index is 339. The molecule has 0 aliphatic carbocycles. The third-order valence-electron chi connectivity index (χ3n) is 2.06. The van der Waals surface area contributed by atoms with Crippen LogP contribution in [0.25, 0.3) is 0 Å². The van der Waals surface area contributed by atoms with E-state index in [4.69, 9.17) is 5.73 Å². The van der Waals surface area contributed by atoms with Crippen molar-refractivity contribution in [3.63, 3.8) is 0 Å². The third kappa shape index (κ3) is 3.91. The predicted octanol–water partition coefficient (Wildman–Crippen LogP) is 2.50. The topological polar surface area (TPSA) is 55.1 Å². The van der Waals surface area contributed by atoms with Crippen molar-refractivity contribution in [2.24, 2.45) is 5.41 Å². The van der Waals surface area contributed by atoms with Gasteiger partial charge in [-0.05, 0) is 23.3 Å². The van der Waals surface area contributed by atoms with E-state index in [1.54, 1.807) is 6.07 Å². The maximum atomic E-state index is 11.6. The second-order valence-electron chi connectivity index (χ2n) is 4.77. The summed E-state index contributed by atoms with van der Waals surface area (Å²) in [4.78, 5) is 12.2. The number of anilines is 1. The van der Waals surface area contributed by atoms with E-state index in [9.17, 15) is 4.79 Å². The molecule has 0 unspecified atom stereocenters. The van der Waals surface area contributed by atoms with E-state index in [0.29, 0.717) is 17.1 Å². The second-order valence-corrected chi connectivity index (χ2v) is 5.69. The molecule has 1 amide bonds. The smallest absolute Gasteiger partial charge is 0.263 e. The summed E-state index contributed by atoms with van der Waals surface area (Å²) in [6.07, 6.45) is 0.962. The number of nitrogens with two attached hydrogens (primary N) is 1. The quantitative estimate of drug-likeness (QED) is 0.832. The molecule has 3 N–H and O–H groups in total. The van der Waals surface area contributed by atoms with Gasteiger partial charge in [-0.15, -0.1) is 11.3 Å². The van der Waals surface area contributed by atoms with Gasteiger partial charge in [0.1, 0.15) is 4.88 Å². The van der Waals surface area contributed by atoms with Crippen molar-refractivity contribution in [1.82, 2.24) is 5.32 Å². The first-order valence-corrected chi connectivity index (χ1v) is 5.89. The number of carbonyl (C=O) groups excluding carboxylic acids is 1. The Kier molecular flexibility index (Phi) is 3.74. The second kappa shape index (κ2) is 4.66. The van der Waals surface area contributed by atoms with Crippen LogP contribution in [0.5, 0.6) is 0 Å². The molecule has 0 bridgehead atoms. The minimum absolute atomic E-state index is 0.0632. The Morgan fingerprint density at radius 1 is 1.53 bits per heavy atom. The van der Waals surface area contributed by atoms with Crippen LogP contribution in [-0.4, -0.2) is 12.5 Å². The first-order valence-electron chi connectivity index (χ1n) is 5.01. The van der Waals surface area contributed by atoms with Crippen LogP contribution in [0.3, 0.4) is 0 Å². The molecule has 1 rings (SSSR count). The van der Waals surface area contributed by atoms with Crippen molar-refractivity contribution >= 4 is 22.9 Å². The van der Waals surface area contributed by atoms with Gasteiger partial charge in [0.2, 0.25) is 0 Å². The van der Waals surface area contributed by atoms with Crippen LogP contribution in [0.15, 0.2) is 11.4 Å². The standard InChI is InChI=1S/C11H18N2OS/c1-11(2,3)5-6-13-10(14)9-8(12)4-7-15-9/h4,7H,5-6,12H2,1-3H3,(H,13,14). The van der Waals surface area contributed by atoms with Crippen LogP contribution < -0.4 is 11.1 Å². The van der Waals surface area contributed by atoms with Crippen LogP contribution in [0.2, 0.25) is 0 Å². The first-order chi connectivity index (χ1) is 6.90. The van der Waals surface area contributed by atoms with Gasteiger partial charge in [0.05, 0.1) is 5.69 Å². The number of hydrogen-bond donors (Lipinski definition) is 2. The van der Waals surface area contributed by atoms with E-state index < -0.39 is 0 Å². The summed E-state index contributed by atoms with van der Waals surface area (Å²) in [5, 5.41) is 4.70. The average Bonchev–Trinajstić information content (AvgIpc) is 2.48. The molecular weight excluding hydrogens is 208 g/mol. The van der Waals surface area contributed by atoms with E-state index in [1.807, 2.05) is 5.38 Å². The lowest BCUT2D eigenvalue weighted by atomic mass is 9.92. The van der Waals surface area contributed by atoms with Crippen molar-refractivity contribution in [2.45, 2.75) is 27.2 Å². The fraction of sp³-hybridized carbons (Fsp3) is 0.545. The molecule has 1 heterocycles. The highest BCUT2D eigenvalue weighted by Gasteiger charge is 2.13. The molecule has 0 radical (unpaired) electrons. The van der Waals surface area contributed by atoms with Crippen LogP contribution >= 0.6 is 11.3 Å². The number of nitrogens with one attached hydrogen (secondary N) is 1. The van der Waals surface area contributed by atoms with Crippen molar-refractivity contribution < 1.29 is 4.79 Å². The number of amides is 1. The Hall–Kier alpha value is -1.03. The number of thiophene rings is 1. The Balaban J connectivity index is 2.41. The molecule has 4 heteroatoms. The van der Waals surface area contributed by atoms with Gasteiger partial charge in [0, 0.05) is 6.54 Å². The van der Waals surface area contributed by atoms with Crippen molar-refractivity contribution in [3.05, 3.63) is 16.3 Å². The zero-order chi connectivity index (χ0) is 11.5. The highest BCUT2D eigenvalue weighted by molar-refractivity contribution is 7.12. The molecule has 0 aliphatic rings. The van der Waals surface area contributed by atoms with E-state index in [0.717, 1.165) is 6.42 Å². The largest absolute Gasteiger partial charge is 0.397 e. The van der Waals surface area contributed by atoms with Gasteiger partial charge < -0.3 is 11.1 Å². The van der Waals surface area contributed by atoms with Crippen molar-refractivity contribution in [2.75, 3.05) is 12.3 Å². The fourth-order valence-electron chi connectivity index (χ4n) is 1.14. The molecule has 84 valence electrons. The molecule has 1 aromatic rings. The minimum atomic E-state index is -0.0632. The van der Waals surface area contributed by atoms with Crippen LogP contribution in [-0.2, 0) is 0 Å². The van der Waals surface area contributed by atoms with Crippen LogP contribution in [0.4, 0.5) is 5.69 Å². The maximum absolute atomic E-state index is 11.6. The van der Waals surface area contributed by atoms with E-state index >= 15 is 0 Å². The molecule has 3 nitrogen and oxygen atoms in total. The highest BCUT2D eigenvalue weighted by Crippen LogP contribution is 2.19. The zero-order valence-corrected chi connectivity index (χ0v) is 10.3. The Morgan fingerprint density at radius 2 is 2.20 bits per heavy atom. The Morgan fingerprint density at radius 3 is 2.67 bits per heavy atom. The maximum Gasteiger partial charge on any atom is 0.263 e. The zero-order valence-electron chi connectivity index (χ0n) is 9.46. The number of nitrogen functional groups attached to an aromatic ring is 1. The molecule has 0 aliphatic heterocycles. The first kappa shape index (κ1) is 12.0. The van der Waals surface area contributed by atoms with E-state index in [1.165, 1.54) is 11.3 Å². The van der Waals surface area contributed by atoms with Gasteiger partial charge in [-0.3, -0.25) is 4.79 Å². The fourth-order valence-corrected chi connectivity index (χ4v) is 1.87.